The Kier molecular flexibility index (Phi) is 5.24. The molecule has 0 spiro atoms. The van der Waals surface area contributed by atoms with E-state index >= 15 is 0 Å². The van der Waals surface area contributed by atoms with E-state index in [0.717, 1.165) is 11.8 Å². The van der Waals surface area contributed by atoms with Crippen molar-refractivity contribution in [3.05, 3.63) is 59.8 Å². The molecule has 26 heavy (non-hydrogen) atoms. The van der Waals surface area contributed by atoms with Crippen LogP contribution >= 0.6 is 0 Å². The summed E-state index contributed by atoms with van der Waals surface area (Å²) in [5, 5.41) is 0. The molecule has 0 aliphatic carbocycles. The van der Waals surface area contributed by atoms with Crippen LogP contribution in [0.25, 0.3) is 6.08 Å². The first-order valence-corrected chi connectivity index (χ1v) is 9.60. The second-order valence-electron chi connectivity index (χ2n) is 5.94. The van der Waals surface area contributed by atoms with Crippen molar-refractivity contribution in [1.82, 2.24) is 9.21 Å². The highest BCUT2D eigenvalue weighted by Gasteiger charge is 2.31. The van der Waals surface area contributed by atoms with Crippen molar-refractivity contribution in [2.24, 2.45) is 0 Å². The van der Waals surface area contributed by atoms with Gasteiger partial charge in [0.05, 0.1) is 0 Å². The molecule has 1 fully saturated rings. The maximum absolute atomic E-state index is 13.8. The van der Waals surface area contributed by atoms with Crippen molar-refractivity contribution in [1.29, 1.82) is 0 Å². The summed E-state index contributed by atoms with van der Waals surface area (Å²) in [6, 6.07) is 8.85. The first kappa shape index (κ1) is 18.3. The number of amides is 1. The maximum Gasteiger partial charge on any atom is 0.246 e. The van der Waals surface area contributed by atoms with Gasteiger partial charge in [-0.3, -0.25) is 4.79 Å². The van der Waals surface area contributed by atoms with Gasteiger partial charge in [-0.05, 0) is 37.3 Å². The van der Waals surface area contributed by atoms with Crippen LogP contribution in [-0.2, 0) is 14.8 Å². The van der Waals surface area contributed by atoms with Crippen LogP contribution in [-0.4, -0.2) is 49.7 Å². The molecule has 0 bridgehead atoms. The zero-order valence-electron chi connectivity index (χ0n) is 14.3. The summed E-state index contributed by atoms with van der Waals surface area (Å²) in [5.74, 6) is 0.338. The highest BCUT2D eigenvalue weighted by Crippen LogP contribution is 2.20. The van der Waals surface area contributed by atoms with E-state index in [4.69, 9.17) is 4.42 Å². The summed E-state index contributed by atoms with van der Waals surface area (Å²) < 4.78 is 45.5. The molecule has 0 saturated carbocycles. The molecule has 2 heterocycles. The lowest BCUT2D eigenvalue weighted by atomic mass is 10.3. The van der Waals surface area contributed by atoms with E-state index < -0.39 is 15.8 Å². The van der Waals surface area contributed by atoms with Crippen molar-refractivity contribution < 1.29 is 22.0 Å². The molecule has 3 rings (SSSR count). The van der Waals surface area contributed by atoms with Gasteiger partial charge in [0, 0.05) is 32.3 Å². The fourth-order valence-electron chi connectivity index (χ4n) is 2.74. The smallest absolute Gasteiger partial charge is 0.246 e. The number of carbonyl (C=O) groups excluding carboxylic acids is 1. The number of sulfonamides is 1. The molecule has 1 aliphatic rings. The minimum Gasteiger partial charge on any atom is -0.462 e. The van der Waals surface area contributed by atoms with Crippen molar-refractivity contribution in [2.45, 2.75) is 11.8 Å². The SMILES string of the molecule is Cc1ccc(/C=C/C(=O)N2CCN(S(=O)(=O)c3ccccc3F)CC2)o1. The van der Waals surface area contributed by atoms with Crippen LogP contribution in [0.15, 0.2) is 51.8 Å². The van der Waals surface area contributed by atoms with Crippen LogP contribution in [0.3, 0.4) is 0 Å². The Morgan fingerprint density at radius 3 is 2.42 bits per heavy atom. The second kappa shape index (κ2) is 7.43. The zero-order chi connectivity index (χ0) is 18.7. The van der Waals surface area contributed by atoms with Crippen LogP contribution in [0.4, 0.5) is 4.39 Å². The predicted molar refractivity (Wildman–Crippen MR) is 94.2 cm³/mol. The standard InChI is InChI=1S/C18H19FN2O4S/c1-14-6-7-15(25-14)8-9-18(22)20-10-12-21(13-11-20)26(23,24)17-5-3-2-4-16(17)19/h2-9H,10-13H2,1H3/b9-8+. The molecule has 1 aromatic carbocycles. The summed E-state index contributed by atoms with van der Waals surface area (Å²) in [6.45, 7) is 2.54. The monoisotopic (exact) mass is 378 g/mol. The third-order valence-corrected chi connectivity index (χ3v) is 6.09. The van der Waals surface area contributed by atoms with Gasteiger partial charge in [-0.1, -0.05) is 12.1 Å². The minimum atomic E-state index is -3.91. The summed E-state index contributed by atoms with van der Waals surface area (Å²) in [4.78, 5) is 13.4. The van der Waals surface area contributed by atoms with E-state index in [-0.39, 0.29) is 37.0 Å². The fraction of sp³-hybridized carbons (Fsp3) is 0.278. The van der Waals surface area contributed by atoms with Gasteiger partial charge in [-0.2, -0.15) is 4.31 Å². The minimum absolute atomic E-state index is 0.121. The van der Waals surface area contributed by atoms with Gasteiger partial charge >= 0.3 is 0 Å². The number of aryl methyl sites for hydroxylation is 1. The predicted octanol–water partition coefficient (Wildman–Crippen LogP) is 2.27. The van der Waals surface area contributed by atoms with Gasteiger partial charge < -0.3 is 9.32 Å². The third kappa shape index (κ3) is 3.86. The van der Waals surface area contributed by atoms with Crippen molar-refractivity contribution >= 4 is 22.0 Å². The van der Waals surface area contributed by atoms with Crippen molar-refractivity contribution in [3.63, 3.8) is 0 Å². The highest BCUT2D eigenvalue weighted by molar-refractivity contribution is 7.89. The molecule has 138 valence electrons. The van der Waals surface area contributed by atoms with Crippen LogP contribution in [0.2, 0.25) is 0 Å². The van der Waals surface area contributed by atoms with Gasteiger partial charge in [-0.15, -0.1) is 0 Å². The number of piperazine rings is 1. The molecule has 0 radical (unpaired) electrons. The topological polar surface area (TPSA) is 70.8 Å². The molecule has 0 N–H and O–H groups in total. The number of nitrogens with zero attached hydrogens (tertiary/aromatic N) is 2. The first-order chi connectivity index (χ1) is 12.4. The van der Waals surface area contributed by atoms with Crippen molar-refractivity contribution in [3.8, 4) is 0 Å². The molecular weight excluding hydrogens is 359 g/mol. The fourth-order valence-corrected chi connectivity index (χ4v) is 4.23. The molecule has 0 atom stereocenters. The molecule has 0 unspecified atom stereocenters. The number of hydrogen-bond donors (Lipinski definition) is 0. The largest absolute Gasteiger partial charge is 0.462 e. The van der Waals surface area contributed by atoms with Crippen molar-refractivity contribution in [2.75, 3.05) is 26.2 Å². The molecule has 2 aromatic rings. The van der Waals surface area contributed by atoms with E-state index in [1.807, 2.05) is 6.92 Å². The zero-order valence-corrected chi connectivity index (χ0v) is 15.1. The number of hydrogen-bond acceptors (Lipinski definition) is 4. The lowest BCUT2D eigenvalue weighted by Crippen LogP contribution is -2.50. The number of carbonyl (C=O) groups is 1. The van der Waals surface area contributed by atoms with E-state index in [9.17, 15) is 17.6 Å². The van der Waals surface area contributed by atoms with Crippen LogP contribution in [0.5, 0.6) is 0 Å². The van der Waals surface area contributed by atoms with Crippen LogP contribution in [0, 0.1) is 12.7 Å². The van der Waals surface area contributed by atoms with Gasteiger partial charge in [0.2, 0.25) is 15.9 Å². The lowest BCUT2D eigenvalue weighted by molar-refractivity contribution is -0.127. The third-order valence-electron chi connectivity index (χ3n) is 4.16. The number of furan rings is 1. The molecule has 1 aromatic heterocycles. The van der Waals surface area contributed by atoms with E-state index in [0.29, 0.717) is 5.76 Å². The molecular formula is C18H19FN2O4S. The van der Waals surface area contributed by atoms with Gasteiger partial charge in [0.25, 0.3) is 0 Å². The molecule has 8 heteroatoms. The summed E-state index contributed by atoms with van der Waals surface area (Å²) in [5.41, 5.74) is 0. The summed E-state index contributed by atoms with van der Waals surface area (Å²) >= 11 is 0. The van der Waals surface area contributed by atoms with Gasteiger partial charge in [-0.25, -0.2) is 12.8 Å². The molecule has 1 aliphatic heterocycles. The highest BCUT2D eigenvalue weighted by atomic mass is 32.2. The molecule has 6 nitrogen and oxygen atoms in total. The second-order valence-corrected chi connectivity index (χ2v) is 7.85. The average molecular weight is 378 g/mol. The van der Waals surface area contributed by atoms with E-state index in [2.05, 4.69) is 0 Å². The van der Waals surface area contributed by atoms with Gasteiger partial charge in [0.1, 0.15) is 22.2 Å². The Balaban J connectivity index is 1.63. The first-order valence-electron chi connectivity index (χ1n) is 8.16. The Morgan fingerprint density at radius 2 is 1.81 bits per heavy atom. The normalized spacial score (nSPS) is 16.3. The lowest BCUT2D eigenvalue weighted by Gasteiger charge is -2.33. The maximum atomic E-state index is 13.8. The average Bonchev–Trinajstić information content (AvgIpc) is 3.05. The Morgan fingerprint density at radius 1 is 1.12 bits per heavy atom. The van der Waals surface area contributed by atoms with E-state index in [1.54, 1.807) is 23.1 Å². The summed E-state index contributed by atoms with van der Waals surface area (Å²) in [7, 11) is -3.91. The quantitative estimate of drug-likeness (QED) is 0.766. The van der Waals surface area contributed by atoms with Gasteiger partial charge in [0.15, 0.2) is 0 Å². The Bertz CT molecular complexity index is 928. The Hall–Kier alpha value is -2.45. The number of benzene rings is 1. The van der Waals surface area contributed by atoms with Crippen LogP contribution in [0.1, 0.15) is 11.5 Å². The number of rotatable bonds is 4. The molecule has 1 saturated heterocycles. The molecule has 1 amide bonds. The summed E-state index contributed by atoms with van der Waals surface area (Å²) in [6.07, 6.45) is 2.98. The van der Waals surface area contributed by atoms with E-state index in [1.165, 1.54) is 28.6 Å². The number of halogens is 1. The van der Waals surface area contributed by atoms with Crippen LogP contribution < -0.4 is 0 Å². The Labute approximate surface area is 151 Å².